The van der Waals surface area contributed by atoms with Gasteiger partial charge in [-0.3, -0.25) is 9.59 Å². The highest BCUT2D eigenvalue weighted by Gasteiger charge is 2.32. The van der Waals surface area contributed by atoms with E-state index in [1.165, 1.54) is 6.26 Å². The van der Waals surface area contributed by atoms with Crippen molar-refractivity contribution in [1.29, 1.82) is 0 Å². The predicted octanol–water partition coefficient (Wildman–Crippen LogP) is 1.30. The Bertz CT molecular complexity index is 527. The van der Waals surface area contributed by atoms with Gasteiger partial charge in [0.1, 0.15) is 0 Å². The standard InChI is InChI=1S/C17H25N3O3/c1-2-18-9-11-20(12-10-18)16(21)14-5-7-19(8-6-14)17(22)15-4-3-13-23-15/h3-4,13-14H,2,5-12H2,1H3. The summed E-state index contributed by atoms with van der Waals surface area (Å²) in [5.41, 5.74) is 0. The number of amides is 2. The van der Waals surface area contributed by atoms with Crippen LogP contribution in [-0.4, -0.2) is 72.3 Å². The van der Waals surface area contributed by atoms with E-state index in [1.807, 2.05) is 4.90 Å². The second-order valence-electron chi connectivity index (χ2n) is 6.30. The lowest BCUT2D eigenvalue weighted by Gasteiger charge is -2.38. The zero-order valence-electron chi connectivity index (χ0n) is 13.7. The Morgan fingerprint density at radius 2 is 1.78 bits per heavy atom. The molecule has 1 aromatic rings. The van der Waals surface area contributed by atoms with Crippen LogP contribution in [0.5, 0.6) is 0 Å². The van der Waals surface area contributed by atoms with E-state index in [1.54, 1.807) is 17.0 Å². The van der Waals surface area contributed by atoms with Crippen LogP contribution < -0.4 is 0 Å². The largest absolute Gasteiger partial charge is 0.459 e. The van der Waals surface area contributed by atoms with Crippen molar-refractivity contribution in [2.75, 3.05) is 45.8 Å². The van der Waals surface area contributed by atoms with Crippen LogP contribution in [0.25, 0.3) is 0 Å². The van der Waals surface area contributed by atoms with Crippen LogP contribution in [0.15, 0.2) is 22.8 Å². The van der Waals surface area contributed by atoms with Crippen LogP contribution in [0.2, 0.25) is 0 Å². The molecule has 1 aromatic heterocycles. The van der Waals surface area contributed by atoms with Gasteiger partial charge in [0, 0.05) is 45.2 Å². The number of nitrogens with zero attached hydrogens (tertiary/aromatic N) is 3. The van der Waals surface area contributed by atoms with Crippen molar-refractivity contribution in [2.45, 2.75) is 19.8 Å². The quantitative estimate of drug-likeness (QED) is 0.842. The van der Waals surface area contributed by atoms with E-state index in [-0.39, 0.29) is 17.7 Å². The van der Waals surface area contributed by atoms with Crippen molar-refractivity contribution >= 4 is 11.8 Å². The van der Waals surface area contributed by atoms with Crippen LogP contribution in [0.1, 0.15) is 30.3 Å². The Morgan fingerprint density at radius 1 is 1.09 bits per heavy atom. The number of piperidine rings is 1. The normalized spacial score (nSPS) is 20.7. The molecular formula is C17H25N3O3. The molecule has 126 valence electrons. The van der Waals surface area contributed by atoms with E-state index in [0.29, 0.717) is 18.8 Å². The highest BCUT2D eigenvalue weighted by atomic mass is 16.3. The summed E-state index contributed by atoms with van der Waals surface area (Å²) in [5.74, 6) is 0.637. The van der Waals surface area contributed by atoms with E-state index in [2.05, 4.69) is 11.8 Å². The van der Waals surface area contributed by atoms with E-state index >= 15 is 0 Å². The van der Waals surface area contributed by atoms with Gasteiger partial charge in [0.25, 0.3) is 5.91 Å². The minimum Gasteiger partial charge on any atom is -0.459 e. The van der Waals surface area contributed by atoms with E-state index in [9.17, 15) is 9.59 Å². The SMILES string of the molecule is CCN1CCN(C(=O)C2CCN(C(=O)c3ccco3)CC2)CC1. The number of likely N-dealkylation sites (N-methyl/N-ethyl adjacent to an activating group) is 1. The fourth-order valence-corrected chi connectivity index (χ4v) is 3.43. The molecule has 0 atom stereocenters. The van der Waals surface area contributed by atoms with Gasteiger partial charge in [-0.2, -0.15) is 0 Å². The number of hydrogen-bond acceptors (Lipinski definition) is 4. The predicted molar refractivity (Wildman–Crippen MR) is 86.0 cm³/mol. The second kappa shape index (κ2) is 7.17. The second-order valence-corrected chi connectivity index (χ2v) is 6.30. The molecule has 3 rings (SSSR count). The molecule has 3 heterocycles. The number of furan rings is 1. The first-order valence-corrected chi connectivity index (χ1v) is 8.53. The van der Waals surface area contributed by atoms with Gasteiger partial charge in [0.05, 0.1) is 6.26 Å². The summed E-state index contributed by atoms with van der Waals surface area (Å²) >= 11 is 0. The molecule has 23 heavy (non-hydrogen) atoms. The summed E-state index contributed by atoms with van der Waals surface area (Å²) in [5, 5.41) is 0. The van der Waals surface area contributed by atoms with Crippen molar-refractivity contribution < 1.29 is 14.0 Å². The highest BCUT2D eigenvalue weighted by Crippen LogP contribution is 2.22. The van der Waals surface area contributed by atoms with E-state index in [4.69, 9.17) is 4.42 Å². The molecule has 2 aliphatic rings. The molecule has 6 heteroatoms. The fraction of sp³-hybridized carbons (Fsp3) is 0.647. The first-order valence-electron chi connectivity index (χ1n) is 8.53. The fourth-order valence-electron chi connectivity index (χ4n) is 3.43. The van der Waals surface area contributed by atoms with E-state index in [0.717, 1.165) is 45.6 Å². The van der Waals surface area contributed by atoms with Gasteiger partial charge >= 0.3 is 0 Å². The molecule has 2 fully saturated rings. The Balaban J connectivity index is 1.49. The van der Waals surface area contributed by atoms with Crippen LogP contribution in [-0.2, 0) is 4.79 Å². The topological polar surface area (TPSA) is 57.0 Å². The molecule has 0 bridgehead atoms. The first kappa shape index (κ1) is 16.1. The molecule has 2 aliphatic heterocycles. The first-order chi connectivity index (χ1) is 11.2. The monoisotopic (exact) mass is 319 g/mol. The molecule has 2 saturated heterocycles. The van der Waals surface area contributed by atoms with E-state index < -0.39 is 0 Å². The summed E-state index contributed by atoms with van der Waals surface area (Å²) < 4.78 is 5.17. The minimum atomic E-state index is -0.0718. The molecule has 0 aromatic carbocycles. The number of likely N-dealkylation sites (tertiary alicyclic amines) is 1. The molecule has 0 saturated carbocycles. The van der Waals surface area contributed by atoms with Crippen LogP contribution >= 0.6 is 0 Å². The number of hydrogen-bond donors (Lipinski definition) is 0. The van der Waals surface area contributed by atoms with Crippen molar-refractivity contribution in [3.05, 3.63) is 24.2 Å². The molecule has 0 N–H and O–H groups in total. The molecule has 0 unspecified atom stereocenters. The maximum Gasteiger partial charge on any atom is 0.289 e. The molecule has 6 nitrogen and oxygen atoms in total. The Labute approximate surface area is 137 Å². The number of carbonyl (C=O) groups excluding carboxylic acids is 2. The van der Waals surface area contributed by atoms with Gasteiger partial charge in [0.15, 0.2) is 5.76 Å². The number of rotatable bonds is 3. The van der Waals surface area contributed by atoms with Crippen molar-refractivity contribution in [2.24, 2.45) is 5.92 Å². The lowest BCUT2D eigenvalue weighted by molar-refractivity contribution is -0.138. The summed E-state index contributed by atoms with van der Waals surface area (Å²) in [4.78, 5) is 31.0. The third-order valence-corrected chi connectivity index (χ3v) is 4.99. The van der Waals surface area contributed by atoms with Crippen molar-refractivity contribution in [1.82, 2.24) is 14.7 Å². The molecule has 0 spiro atoms. The summed E-state index contributed by atoms with van der Waals surface area (Å²) in [6.45, 7) is 8.07. The molecule has 0 radical (unpaired) electrons. The third-order valence-electron chi connectivity index (χ3n) is 4.99. The Morgan fingerprint density at radius 3 is 2.35 bits per heavy atom. The minimum absolute atomic E-state index is 0.0591. The molecular weight excluding hydrogens is 294 g/mol. The van der Waals surface area contributed by atoms with Gasteiger partial charge in [-0.05, 0) is 31.5 Å². The summed E-state index contributed by atoms with van der Waals surface area (Å²) in [7, 11) is 0. The van der Waals surface area contributed by atoms with Gasteiger partial charge in [-0.25, -0.2) is 0 Å². The average molecular weight is 319 g/mol. The van der Waals surface area contributed by atoms with Crippen LogP contribution in [0.3, 0.4) is 0 Å². The molecule has 0 aliphatic carbocycles. The van der Waals surface area contributed by atoms with Gasteiger partial charge in [-0.15, -0.1) is 0 Å². The highest BCUT2D eigenvalue weighted by molar-refractivity contribution is 5.91. The Kier molecular flexibility index (Phi) is 5.00. The van der Waals surface area contributed by atoms with Gasteiger partial charge in [0.2, 0.25) is 5.91 Å². The summed E-state index contributed by atoms with van der Waals surface area (Å²) in [6, 6.07) is 3.41. The maximum atomic E-state index is 12.6. The molecule has 2 amide bonds. The maximum absolute atomic E-state index is 12.6. The van der Waals surface area contributed by atoms with Gasteiger partial charge < -0.3 is 19.1 Å². The average Bonchev–Trinajstić information content (AvgIpc) is 3.15. The third kappa shape index (κ3) is 3.58. The number of piperazine rings is 1. The zero-order valence-corrected chi connectivity index (χ0v) is 13.7. The lowest BCUT2D eigenvalue weighted by Crippen LogP contribution is -2.51. The van der Waals surface area contributed by atoms with Crippen molar-refractivity contribution in [3.8, 4) is 0 Å². The van der Waals surface area contributed by atoms with Crippen LogP contribution in [0, 0.1) is 5.92 Å². The van der Waals surface area contributed by atoms with Crippen molar-refractivity contribution in [3.63, 3.8) is 0 Å². The smallest absolute Gasteiger partial charge is 0.289 e. The van der Waals surface area contributed by atoms with Gasteiger partial charge in [-0.1, -0.05) is 6.92 Å². The summed E-state index contributed by atoms with van der Waals surface area (Å²) in [6.07, 6.45) is 3.01. The zero-order chi connectivity index (χ0) is 16.2. The lowest BCUT2D eigenvalue weighted by atomic mass is 9.94. The number of carbonyl (C=O) groups is 2. The Hall–Kier alpha value is -1.82. The van der Waals surface area contributed by atoms with Crippen LogP contribution in [0.4, 0.5) is 0 Å².